The van der Waals surface area contributed by atoms with Crippen LogP contribution in [0.15, 0.2) is 48.7 Å². The average molecular weight is 646 g/mol. The number of halogens is 1. The van der Waals surface area contributed by atoms with Gasteiger partial charge in [-0.05, 0) is 82.1 Å². The molecule has 246 valence electrons. The Bertz CT molecular complexity index is 2090. The fraction of sp³-hybridized carbons (Fsp3) is 0.368. The standard InChI is InChI=1S/C38H40FN7O2/c1-24-28-19-31(39)29(38(48)43-36-21-32-26(22-40-36)18-33(42-32)34-15-11-16-45(34)2)20-35(28)46(44-24)17-9-7-5-3-4-6-8-12-25-13-10-14-27-30(25)23-41-37(27)47/h10,13-14,18-22,34,42H,3-7,9,11,15-17,23H2,1-2H3,(H,41,47)(H,40,43,48). The third kappa shape index (κ3) is 6.43. The molecule has 9 nitrogen and oxygen atoms in total. The van der Waals surface area contributed by atoms with Crippen molar-refractivity contribution in [2.75, 3.05) is 18.9 Å². The molecular weight excluding hydrogens is 605 g/mol. The first-order chi connectivity index (χ1) is 23.4. The van der Waals surface area contributed by atoms with Gasteiger partial charge in [0.15, 0.2) is 0 Å². The van der Waals surface area contributed by atoms with Crippen molar-refractivity contribution < 1.29 is 14.0 Å². The Morgan fingerprint density at radius 3 is 2.83 bits per heavy atom. The number of benzene rings is 2. The average Bonchev–Trinajstić information content (AvgIpc) is 3.86. The van der Waals surface area contributed by atoms with Crippen molar-refractivity contribution >= 4 is 39.4 Å². The van der Waals surface area contributed by atoms with Crippen LogP contribution in [0.2, 0.25) is 0 Å². The number of hydrogen-bond donors (Lipinski definition) is 3. The van der Waals surface area contributed by atoms with Gasteiger partial charge in [-0.25, -0.2) is 9.37 Å². The van der Waals surface area contributed by atoms with E-state index >= 15 is 4.39 Å². The number of unbranched alkanes of at least 4 members (excludes halogenated alkanes) is 5. The van der Waals surface area contributed by atoms with Crippen molar-refractivity contribution in [3.63, 3.8) is 0 Å². The number of aromatic nitrogens is 4. The number of likely N-dealkylation sites (tertiary alicyclic amines) is 1. The number of H-pyrrole nitrogens is 1. The Kier molecular flexibility index (Phi) is 8.96. The molecule has 2 aliphatic rings. The molecule has 0 saturated carbocycles. The molecule has 3 N–H and O–H groups in total. The largest absolute Gasteiger partial charge is 0.357 e. The summed E-state index contributed by atoms with van der Waals surface area (Å²) in [6, 6.07) is 13.0. The first-order valence-corrected chi connectivity index (χ1v) is 16.9. The number of nitrogens with zero attached hydrogens (tertiary/aromatic N) is 4. The monoisotopic (exact) mass is 645 g/mol. The van der Waals surface area contributed by atoms with E-state index < -0.39 is 11.7 Å². The van der Waals surface area contributed by atoms with E-state index in [4.69, 9.17) is 0 Å². The van der Waals surface area contributed by atoms with Gasteiger partial charge < -0.3 is 15.6 Å². The Labute approximate surface area is 279 Å². The highest BCUT2D eigenvalue weighted by atomic mass is 19.1. The second-order valence-corrected chi connectivity index (χ2v) is 13.0. The molecule has 2 amide bonds. The van der Waals surface area contributed by atoms with Crippen LogP contribution in [0.3, 0.4) is 0 Å². The zero-order valence-corrected chi connectivity index (χ0v) is 27.5. The zero-order valence-electron chi connectivity index (χ0n) is 27.5. The predicted molar refractivity (Wildman–Crippen MR) is 185 cm³/mol. The number of pyridine rings is 1. The fourth-order valence-corrected chi connectivity index (χ4v) is 7.02. The van der Waals surface area contributed by atoms with E-state index in [0.29, 0.717) is 30.3 Å². The molecule has 1 atom stereocenters. The minimum absolute atomic E-state index is 0.0231. The summed E-state index contributed by atoms with van der Waals surface area (Å²) in [5, 5.41) is 12.0. The summed E-state index contributed by atoms with van der Waals surface area (Å²) >= 11 is 0. The van der Waals surface area contributed by atoms with Crippen LogP contribution in [-0.4, -0.2) is 50.1 Å². The second-order valence-electron chi connectivity index (χ2n) is 13.0. The highest BCUT2D eigenvalue weighted by Gasteiger charge is 2.24. The van der Waals surface area contributed by atoms with Gasteiger partial charge in [0.05, 0.1) is 22.3 Å². The first-order valence-electron chi connectivity index (χ1n) is 16.9. The Morgan fingerprint density at radius 2 is 1.98 bits per heavy atom. The van der Waals surface area contributed by atoms with Gasteiger partial charge in [0.2, 0.25) is 0 Å². The summed E-state index contributed by atoms with van der Waals surface area (Å²) in [6.07, 6.45) is 9.98. The number of hydrogen-bond acceptors (Lipinski definition) is 5. The number of nitrogens with one attached hydrogen (secondary N) is 3. The molecule has 0 bridgehead atoms. The van der Waals surface area contributed by atoms with Crippen LogP contribution in [0.4, 0.5) is 10.2 Å². The smallest absolute Gasteiger partial charge is 0.259 e. The Morgan fingerprint density at radius 1 is 1.12 bits per heavy atom. The molecule has 0 radical (unpaired) electrons. The maximum absolute atomic E-state index is 15.2. The third-order valence-electron chi connectivity index (χ3n) is 9.66. The van der Waals surface area contributed by atoms with Crippen molar-refractivity contribution in [2.24, 2.45) is 0 Å². The summed E-state index contributed by atoms with van der Waals surface area (Å²) in [4.78, 5) is 35.4. The van der Waals surface area contributed by atoms with E-state index in [0.717, 1.165) is 96.0 Å². The van der Waals surface area contributed by atoms with Crippen LogP contribution in [0.5, 0.6) is 0 Å². The number of rotatable bonds is 10. The van der Waals surface area contributed by atoms with E-state index in [1.807, 2.05) is 29.8 Å². The number of amides is 2. The highest BCUT2D eigenvalue weighted by Crippen LogP contribution is 2.32. The van der Waals surface area contributed by atoms with Gasteiger partial charge in [0.1, 0.15) is 11.6 Å². The van der Waals surface area contributed by atoms with Crippen LogP contribution >= 0.6 is 0 Å². The summed E-state index contributed by atoms with van der Waals surface area (Å²) in [5.41, 5.74) is 6.15. The molecule has 10 heteroatoms. The second kappa shape index (κ2) is 13.6. The molecule has 0 aliphatic carbocycles. The number of aromatic amines is 1. The SMILES string of the molecule is Cc1nn(CCCCCCCC#Cc2cccc3c2CNC3=O)c2cc(C(=O)Nc3cc4[nH]c(C5CCCN5C)cc4cn3)c(F)cc12. The normalized spacial score (nSPS) is 15.9. The predicted octanol–water partition coefficient (Wildman–Crippen LogP) is 7.01. The van der Waals surface area contributed by atoms with Crippen molar-refractivity contribution in [1.29, 1.82) is 0 Å². The number of anilines is 1. The van der Waals surface area contributed by atoms with Gasteiger partial charge in [-0.1, -0.05) is 37.2 Å². The van der Waals surface area contributed by atoms with E-state index in [9.17, 15) is 9.59 Å². The topological polar surface area (TPSA) is 108 Å². The maximum Gasteiger partial charge on any atom is 0.259 e. The molecule has 1 fully saturated rings. The van der Waals surface area contributed by atoms with Crippen molar-refractivity contribution in [3.05, 3.63) is 88.1 Å². The van der Waals surface area contributed by atoms with Crippen LogP contribution in [0, 0.1) is 24.6 Å². The summed E-state index contributed by atoms with van der Waals surface area (Å²) < 4.78 is 17.1. The van der Waals surface area contributed by atoms with E-state index in [1.54, 1.807) is 18.3 Å². The number of carbonyl (C=O) groups excluding carboxylic acids is 2. The van der Waals surface area contributed by atoms with Crippen LogP contribution in [0.25, 0.3) is 21.8 Å². The van der Waals surface area contributed by atoms with Crippen LogP contribution in [-0.2, 0) is 13.1 Å². The maximum atomic E-state index is 15.2. The molecular formula is C38H40FN7O2. The first kappa shape index (κ1) is 31.6. The number of carbonyl (C=O) groups is 2. The van der Waals surface area contributed by atoms with Gasteiger partial charge in [-0.3, -0.25) is 19.2 Å². The van der Waals surface area contributed by atoms with Gasteiger partial charge in [-0.15, -0.1) is 0 Å². The molecule has 1 unspecified atom stereocenters. The lowest BCUT2D eigenvalue weighted by Crippen LogP contribution is -2.17. The lowest BCUT2D eigenvalue weighted by Gasteiger charge is -2.17. The lowest BCUT2D eigenvalue weighted by atomic mass is 10.0. The molecule has 7 rings (SSSR count). The fourth-order valence-electron chi connectivity index (χ4n) is 7.02. The molecule has 0 spiro atoms. The van der Waals surface area contributed by atoms with Gasteiger partial charge in [0.25, 0.3) is 11.8 Å². The molecule has 2 aliphatic heterocycles. The number of aryl methyl sites for hydroxylation is 2. The quantitative estimate of drug-likeness (QED) is 0.112. The van der Waals surface area contributed by atoms with E-state index in [-0.39, 0.29) is 11.5 Å². The lowest BCUT2D eigenvalue weighted by molar-refractivity contribution is 0.0964. The summed E-state index contributed by atoms with van der Waals surface area (Å²) in [5.74, 6) is 5.73. The molecule has 1 saturated heterocycles. The van der Waals surface area contributed by atoms with Gasteiger partial charge >= 0.3 is 0 Å². The summed E-state index contributed by atoms with van der Waals surface area (Å²) in [7, 11) is 2.13. The van der Waals surface area contributed by atoms with E-state index in [1.165, 1.54) is 12.5 Å². The van der Waals surface area contributed by atoms with Gasteiger partial charge in [-0.2, -0.15) is 5.10 Å². The summed E-state index contributed by atoms with van der Waals surface area (Å²) in [6.45, 7) is 4.18. The van der Waals surface area contributed by atoms with Crippen LogP contribution < -0.4 is 10.6 Å². The zero-order chi connectivity index (χ0) is 33.2. The Hall–Kier alpha value is -5.01. The van der Waals surface area contributed by atoms with Gasteiger partial charge in [0, 0.05) is 65.4 Å². The Balaban J connectivity index is 0.930. The van der Waals surface area contributed by atoms with Crippen LogP contribution in [0.1, 0.15) is 101 Å². The van der Waals surface area contributed by atoms with Crippen molar-refractivity contribution in [3.8, 4) is 11.8 Å². The molecule has 5 aromatic rings. The third-order valence-corrected chi connectivity index (χ3v) is 9.66. The van der Waals surface area contributed by atoms with Crippen molar-refractivity contribution in [1.82, 2.24) is 30.0 Å². The number of fused-ring (bicyclic) bond motifs is 3. The molecule has 3 aromatic heterocycles. The molecule has 48 heavy (non-hydrogen) atoms. The minimum Gasteiger partial charge on any atom is -0.357 e. The van der Waals surface area contributed by atoms with Crippen molar-refractivity contribution in [2.45, 2.75) is 77.4 Å². The molecule has 2 aromatic carbocycles. The minimum atomic E-state index is -0.583. The van der Waals surface area contributed by atoms with E-state index in [2.05, 4.69) is 55.6 Å². The molecule has 5 heterocycles. The highest BCUT2D eigenvalue weighted by molar-refractivity contribution is 6.06.